The number of halogens is 1. The molecule has 0 aliphatic heterocycles. The number of nitrogen functional groups attached to an aromatic ring is 1. The summed E-state index contributed by atoms with van der Waals surface area (Å²) in [5, 5.41) is 8.66. The Bertz CT molecular complexity index is 890. The third-order valence-electron chi connectivity index (χ3n) is 5.21. The number of nitrogens with zero attached hydrogens (tertiary/aromatic N) is 5. The predicted molar refractivity (Wildman–Crippen MR) is 102 cm³/mol. The number of rotatable bonds is 5. The Kier molecular flexibility index (Phi) is 4.50. The van der Waals surface area contributed by atoms with Crippen LogP contribution in [0.4, 0.5) is 5.82 Å². The van der Waals surface area contributed by atoms with Crippen molar-refractivity contribution in [2.24, 2.45) is 13.0 Å². The largest absolute Gasteiger partial charge is 0.383 e. The average Bonchev–Trinajstić information content (AvgIpc) is 3.32. The summed E-state index contributed by atoms with van der Waals surface area (Å²) in [4.78, 5) is 4.88. The van der Waals surface area contributed by atoms with Gasteiger partial charge in [0.25, 0.3) is 0 Å². The smallest absolute Gasteiger partial charge is 0.165 e. The van der Waals surface area contributed by atoms with Crippen molar-refractivity contribution in [3.8, 4) is 11.1 Å². The molecule has 2 N–H and O–H groups in total. The van der Waals surface area contributed by atoms with Gasteiger partial charge in [0.05, 0.1) is 22.6 Å². The first-order chi connectivity index (χ1) is 12.1. The van der Waals surface area contributed by atoms with E-state index in [0.717, 1.165) is 45.7 Å². The molecule has 0 atom stereocenters. The fraction of sp³-hybridized carbons (Fsp3) is 0.500. The minimum absolute atomic E-state index is 0.607. The summed E-state index contributed by atoms with van der Waals surface area (Å²) in [6, 6.07) is 0. The van der Waals surface area contributed by atoms with E-state index >= 15 is 0 Å². The molecule has 3 heterocycles. The van der Waals surface area contributed by atoms with Crippen LogP contribution in [0.1, 0.15) is 44.2 Å². The van der Waals surface area contributed by atoms with E-state index in [1.165, 1.54) is 32.1 Å². The van der Waals surface area contributed by atoms with Crippen molar-refractivity contribution in [1.82, 2.24) is 24.4 Å². The van der Waals surface area contributed by atoms with Crippen LogP contribution in [0.3, 0.4) is 0 Å². The van der Waals surface area contributed by atoms with Gasteiger partial charge in [0.1, 0.15) is 5.82 Å². The first-order valence-corrected chi connectivity index (χ1v) is 9.73. The zero-order valence-electron chi connectivity index (χ0n) is 14.5. The van der Waals surface area contributed by atoms with Crippen LogP contribution in [0.5, 0.6) is 0 Å². The molecule has 0 aromatic carbocycles. The maximum Gasteiger partial charge on any atom is 0.165 e. The second-order valence-electron chi connectivity index (χ2n) is 7.00. The molecular weight excluding hydrogens is 380 g/mol. The molecule has 4 rings (SSSR count). The Morgan fingerprint density at radius 1 is 1.24 bits per heavy atom. The van der Waals surface area contributed by atoms with E-state index in [9.17, 15) is 0 Å². The van der Waals surface area contributed by atoms with E-state index in [1.54, 1.807) is 9.20 Å². The molecule has 6 nitrogen and oxygen atoms in total. The lowest BCUT2D eigenvalue weighted by atomic mass is 10.00. The normalized spacial score (nSPS) is 15.4. The number of aromatic nitrogens is 5. The fourth-order valence-corrected chi connectivity index (χ4v) is 4.29. The molecular formula is C18H23BrN6. The van der Waals surface area contributed by atoms with Crippen LogP contribution in [-0.4, -0.2) is 24.4 Å². The molecule has 25 heavy (non-hydrogen) atoms. The average molecular weight is 403 g/mol. The maximum absolute atomic E-state index is 6.30. The molecule has 7 heteroatoms. The minimum Gasteiger partial charge on any atom is -0.383 e. The highest BCUT2D eigenvalue weighted by Gasteiger charge is 2.18. The van der Waals surface area contributed by atoms with Gasteiger partial charge in [-0.1, -0.05) is 32.1 Å². The molecule has 1 saturated carbocycles. The van der Waals surface area contributed by atoms with Crippen molar-refractivity contribution in [2.75, 3.05) is 5.73 Å². The monoisotopic (exact) mass is 402 g/mol. The number of hydrogen-bond acceptors (Lipinski definition) is 4. The van der Waals surface area contributed by atoms with E-state index in [4.69, 9.17) is 10.7 Å². The van der Waals surface area contributed by atoms with E-state index in [2.05, 4.69) is 26.1 Å². The molecule has 3 aromatic rings. The van der Waals surface area contributed by atoms with Gasteiger partial charge in [-0.15, -0.1) is 0 Å². The summed E-state index contributed by atoms with van der Waals surface area (Å²) >= 11 is 3.62. The highest BCUT2D eigenvalue weighted by Crippen LogP contribution is 2.32. The zero-order valence-corrected chi connectivity index (χ0v) is 16.0. The lowest BCUT2D eigenvalue weighted by molar-refractivity contribution is 0.482. The molecule has 1 fully saturated rings. The molecule has 1 aliphatic rings. The van der Waals surface area contributed by atoms with Crippen LogP contribution < -0.4 is 5.73 Å². The van der Waals surface area contributed by atoms with Gasteiger partial charge in [-0.05, 0) is 34.7 Å². The van der Waals surface area contributed by atoms with Crippen molar-refractivity contribution >= 4 is 27.4 Å². The number of fused-ring (bicyclic) bond motifs is 1. The molecule has 1 aliphatic carbocycles. The highest BCUT2D eigenvalue weighted by molar-refractivity contribution is 9.10. The summed E-state index contributed by atoms with van der Waals surface area (Å²) < 4.78 is 4.35. The van der Waals surface area contributed by atoms with Gasteiger partial charge in [-0.25, -0.2) is 4.98 Å². The Labute approximate surface area is 155 Å². The van der Waals surface area contributed by atoms with E-state index < -0.39 is 0 Å². The SMILES string of the molecule is Cn1cc(-c2cnn3c(N)c(Br)c(CCCC4CCCC4)nc23)cn1. The van der Waals surface area contributed by atoms with E-state index in [1.807, 2.05) is 25.6 Å². The van der Waals surface area contributed by atoms with E-state index in [-0.39, 0.29) is 0 Å². The third-order valence-corrected chi connectivity index (χ3v) is 6.07. The van der Waals surface area contributed by atoms with Gasteiger partial charge in [0.2, 0.25) is 0 Å². The standard InChI is InChI=1S/C18H23BrN6/c1-24-11-13(9-21-24)14-10-22-25-17(20)16(19)15(23-18(14)25)8-4-7-12-5-2-3-6-12/h9-12H,2-8,20H2,1H3. The number of hydrogen-bond donors (Lipinski definition) is 1. The molecule has 0 spiro atoms. The molecule has 0 amide bonds. The fourth-order valence-electron chi connectivity index (χ4n) is 3.83. The molecule has 132 valence electrons. The van der Waals surface area contributed by atoms with Gasteiger partial charge in [-0.2, -0.15) is 14.7 Å². The summed E-state index contributed by atoms with van der Waals surface area (Å²) in [6.45, 7) is 0. The third kappa shape index (κ3) is 3.17. The van der Waals surface area contributed by atoms with Crippen molar-refractivity contribution in [1.29, 1.82) is 0 Å². The van der Waals surface area contributed by atoms with Crippen molar-refractivity contribution in [3.05, 3.63) is 28.8 Å². The molecule has 0 saturated heterocycles. The summed E-state index contributed by atoms with van der Waals surface area (Å²) in [6.07, 6.45) is 14.6. The van der Waals surface area contributed by atoms with Gasteiger partial charge in [0.15, 0.2) is 5.65 Å². The summed E-state index contributed by atoms with van der Waals surface area (Å²) in [7, 11) is 1.90. The molecule has 0 radical (unpaired) electrons. The van der Waals surface area contributed by atoms with Gasteiger partial charge in [-0.3, -0.25) is 4.68 Å². The van der Waals surface area contributed by atoms with Crippen LogP contribution >= 0.6 is 15.9 Å². The predicted octanol–water partition coefficient (Wildman–Crippen LogP) is 3.99. The van der Waals surface area contributed by atoms with Crippen LogP contribution in [0, 0.1) is 5.92 Å². The second kappa shape index (κ2) is 6.78. The number of anilines is 1. The lowest BCUT2D eigenvalue weighted by Gasteiger charge is -2.11. The van der Waals surface area contributed by atoms with Crippen molar-refractivity contribution in [2.45, 2.75) is 44.9 Å². The Balaban J connectivity index is 1.63. The van der Waals surface area contributed by atoms with Crippen molar-refractivity contribution in [3.63, 3.8) is 0 Å². The topological polar surface area (TPSA) is 74.0 Å². The number of aryl methyl sites for hydroxylation is 2. The highest BCUT2D eigenvalue weighted by atomic mass is 79.9. The van der Waals surface area contributed by atoms with Crippen LogP contribution in [-0.2, 0) is 13.5 Å². The van der Waals surface area contributed by atoms with Gasteiger partial charge < -0.3 is 5.73 Å². The Morgan fingerprint density at radius 2 is 2.04 bits per heavy atom. The van der Waals surface area contributed by atoms with Gasteiger partial charge in [0, 0.05) is 24.4 Å². The van der Waals surface area contributed by atoms with Crippen LogP contribution in [0.25, 0.3) is 16.8 Å². The Hall–Kier alpha value is -1.89. The molecule has 3 aromatic heterocycles. The first-order valence-electron chi connectivity index (χ1n) is 8.94. The lowest BCUT2D eigenvalue weighted by Crippen LogP contribution is -2.06. The minimum atomic E-state index is 0.607. The summed E-state index contributed by atoms with van der Waals surface area (Å²) in [5.41, 5.74) is 10.1. The molecule has 0 unspecified atom stereocenters. The van der Waals surface area contributed by atoms with Gasteiger partial charge >= 0.3 is 0 Å². The molecule has 0 bridgehead atoms. The summed E-state index contributed by atoms with van der Waals surface area (Å²) in [5.74, 6) is 1.51. The van der Waals surface area contributed by atoms with Crippen LogP contribution in [0.2, 0.25) is 0 Å². The Morgan fingerprint density at radius 3 is 2.76 bits per heavy atom. The van der Waals surface area contributed by atoms with E-state index in [0.29, 0.717) is 5.82 Å². The zero-order chi connectivity index (χ0) is 17.4. The maximum atomic E-state index is 6.30. The number of nitrogens with two attached hydrogens (primary N) is 1. The first kappa shape index (κ1) is 16.6. The van der Waals surface area contributed by atoms with Crippen LogP contribution in [0.15, 0.2) is 23.1 Å². The quantitative estimate of drug-likeness (QED) is 0.699. The van der Waals surface area contributed by atoms with Crippen molar-refractivity contribution < 1.29 is 0 Å². The second-order valence-corrected chi connectivity index (χ2v) is 7.79.